The van der Waals surface area contributed by atoms with E-state index >= 15 is 0 Å². The van der Waals surface area contributed by atoms with Crippen LogP contribution in [0.3, 0.4) is 0 Å². The molecule has 1 saturated carbocycles. The predicted molar refractivity (Wildman–Crippen MR) is 123 cm³/mol. The van der Waals surface area contributed by atoms with Crippen molar-refractivity contribution in [1.29, 1.82) is 0 Å². The van der Waals surface area contributed by atoms with Gasteiger partial charge in [0.25, 0.3) is 11.5 Å². The normalized spacial score (nSPS) is 14.9. The Morgan fingerprint density at radius 2 is 1.76 bits per heavy atom. The van der Waals surface area contributed by atoms with E-state index in [1.165, 1.54) is 31.5 Å². The molecule has 4 aromatic rings. The number of nitrogens with zero attached hydrogens (tertiary/aromatic N) is 3. The third-order valence-electron chi connectivity index (χ3n) is 6.43. The first-order valence-electron chi connectivity index (χ1n) is 10.9. The van der Waals surface area contributed by atoms with Crippen LogP contribution in [0.5, 0.6) is 5.75 Å². The summed E-state index contributed by atoms with van der Waals surface area (Å²) in [5.41, 5.74) is -0.769. The monoisotopic (exact) mass is 451 g/mol. The van der Waals surface area contributed by atoms with E-state index in [9.17, 15) is 18.4 Å². The smallest absolute Gasteiger partial charge is 0.336 e. The van der Waals surface area contributed by atoms with Crippen molar-refractivity contribution in [2.75, 3.05) is 7.11 Å². The maximum atomic E-state index is 14.4. The zero-order valence-corrected chi connectivity index (χ0v) is 18.3. The summed E-state index contributed by atoms with van der Waals surface area (Å²) >= 11 is 0. The van der Waals surface area contributed by atoms with Gasteiger partial charge in [-0.25, -0.2) is 18.1 Å². The number of ether oxygens (including phenoxy) is 1. The van der Waals surface area contributed by atoms with Gasteiger partial charge in [-0.05, 0) is 25.0 Å². The second-order valence-electron chi connectivity index (χ2n) is 8.51. The summed E-state index contributed by atoms with van der Waals surface area (Å²) in [6.45, 7) is 0.759. The number of para-hydroxylation sites is 2. The summed E-state index contributed by atoms with van der Waals surface area (Å²) in [6.07, 6.45) is 4.86. The van der Waals surface area contributed by atoms with Crippen LogP contribution >= 0.6 is 0 Å². The van der Waals surface area contributed by atoms with Gasteiger partial charge in [-0.1, -0.05) is 43.2 Å². The summed E-state index contributed by atoms with van der Waals surface area (Å²) in [5, 5.41) is 0.825. The van der Waals surface area contributed by atoms with E-state index in [2.05, 4.69) is 4.98 Å². The minimum Gasteiger partial charge on any atom is -0.494 e. The number of fused-ring (bicyclic) bond motifs is 3. The number of methoxy groups -OCH3 is 1. The number of alkyl halides is 2. The summed E-state index contributed by atoms with van der Waals surface area (Å²) in [5.74, 6) is -2.70. The minimum atomic E-state index is -3.23. The summed E-state index contributed by atoms with van der Waals surface area (Å²) in [6, 6.07) is 10.9. The lowest BCUT2D eigenvalue weighted by Gasteiger charge is -2.22. The van der Waals surface area contributed by atoms with Crippen molar-refractivity contribution in [3.05, 3.63) is 75.1 Å². The second-order valence-corrected chi connectivity index (χ2v) is 8.51. The fourth-order valence-corrected chi connectivity index (χ4v) is 4.93. The molecule has 0 saturated heterocycles. The maximum absolute atomic E-state index is 14.4. The van der Waals surface area contributed by atoms with Crippen molar-refractivity contribution in [3.8, 4) is 11.4 Å². The van der Waals surface area contributed by atoms with E-state index < -0.39 is 17.2 Å². The van der Waals surface area contributed by atoms with Gasteiger partial charge in [0, 0.05) is 30.1 Å². The molecule has 6 nitrogen and oxygen atoms in total. The molecule has 5 rings (SSSR count). The fourth-order valence-electron chi connectivity index (χ4n) is 4.93. The van der Waals surface area contributed by atoms with Crippen LogP contribution in [0.1, 0.15) is 44.2 Å². The first-order valence-corrected chi connectivity index (χ1v) is 10.9. The van der Waals surface area contributed by atoms with E-state index in [-0.39, 0.29) is 22.7 Å². The molecule has 1 fully saturated rings. The van der Waals surface area contributed by atoms with Crippen LogP contribution in [-0.4, -0.2) is 21.2 Å². The first-order chi connectivity index (χ1) is 15.8. The molecule has 2 heterocycles. The standard InChI is InChI=1S/C25H23F2N3O3/c1-25(26,27)18-11-5-6-12-19(18)30-23(31)17-14-28-21-16(10-7-13-20(21)33-2)22(17)29(24(30)32)15-8-3-4-9-15/h5-7,10-15H,3-4,8-9H2,1-2H3. The molecule has 33 heavy (non-hydrogen) atoms. The molecule has 8 heteroatoms. The lowest BCUT2D eigenvalue weighted by Crippen LogP contribution is -2.41. The van der Waals surface area contributed by atoms with Gasteiger partial charge in [-0.3, -0.25) is 14.3 Å². The zero-order valence-electron chi connectivity index (χ0n) is 18.3. The molecule has 0 N–H and O–H groups in total. The summed E-state index contributed by atoms with van der Waals surface area (Å²) < 4.78 is 36.8. The number of pyridine rings is 1. The lowest BCUT2D eigenvalue weighted by molar-refractivity contribution is 0.0174. The highest BCUT2D eigenvalue weighted by molar-refractivity contribution is 6.05. The van der Waals surface area contributed by atoms with Gasteiger partial charge in [0.2, 0.25) is 0 Å². The number of aromatic nitrogens is 3. The zero-order chi connectivity index (χ0) is 23.3. The van der Waals surface area contributed by atoms with Crippen LogP contribution in [0.15, 0.2) is 58.3 Å². The van der Waals surface area contributed by atoms with E-state index in [1.54, 1.807) is 28.8 Å². The van der Waals surface area contributed by atoms with Gasteiger partial charge in [0.1, 0.15) is 11.3 Å². The van der Waals surface area contributed by atoms with Gasteiger partial charge >= 0.3 is 5.69 Å². The van der Waals surface area contributed by atoms with E-state index in [1.807, 2.05) is 0 Å². The summed E-state index contributed by atoms with van der Waals surface area (Å²) in [7, 11) is 1.53. The first kappa shape index (κ1) is 21.3. The predicted octanol–water partition coefficient (Wildman–Crippen LogP) is 4.94. The molecule has 170 valence electrons. The fraction of sp³-hybridized carbons (Fsp3) is 0.320. The molecule has 0 spiro atoms. The Hall–Kier alpha value is -3.55. The third-order valence-corrected chi connectivity index (χ3v) is 6.43. The Kier molecular flexibility index (Phi) is 5.03. The lowest BCUT2D eigenvalue weighted by atomic mass is 10.1. The molecule has 0 radical (unpaired) electrons. The van der Waals surface area contributed by atoms with Gasteiger partial charge in [-0.15, -0.1) is 0 Å². The number of halogens is 2. The molecule has 2 aromatic carbocycles. The highest BCUT2D eigenvalue weighted by Gasteiger charge is 2.31. The molecule has 0 aliphatic heterocycles. The molecule has 2 aromatic heterocycles. The maximum Gasteiger partial charge on any atom is 0.336 e. The van der Waals surface area contributed by atoms with Crippen molar-refractivity contribution < 1.29 is 13.5 Å². The van der Waals surface area contributed by atoms with Crippen LogP contribution in [-0.2, 0) is 5.92 Å². The highest BCUT2D eigenvalue weighted by atomic mass is 19.3. The van der Waals surface area contributed by atoms with Crippen LogP contribution in [0.25, 0.3) is 27.5 Å². The average molecular weight is 451 g/mol. The largest absolute Gasteiger partial charge is 0.494 e. The van der Waals surface area contributed by atoms with Crippen molar-refractivity contribution in [3.63, 3.8) is 0 Å². The van der Waals surface area contributed by atoms with Crippen molar-refractivity contribution >= 4 is 21.8 Å². The Bertz CT molecular complexity index is 1500. The van der Waals surface area contributed by atoms with Crippen molar-refractivity contribution in [2.24, 2.45) is 0 Å². The van der Waals surface area contributed by atoms with Gasteiger partial charge in [0.15, 0.2) is 0 Å². The minimum absolute atomic E-state index is 0.112. The molecular formula is C25H23F2N3O3. The van der Waals surface area contributed by atoms with E-state index in [0.717, 1.165) is 37.2 Å². The Morgan fingerprint density at radius 3 is 2.45 bits per heavy atom. The number of hydrogen-bond acceptors (Lipinski definition) is 4. The van der Waals surface area contributed by atoms with Gasteiger partial charge in [0.05, 0.1) is 23.7 Å². The molecule has 1 aliphatic rings. The Morgan fingerprint density at radius 1 is 1.03 bits per heavy atom. The SMILES string of the molecule is COc1cccc2c1ncc1c(=O)n(-c3ccccc3C(C)(F)F)c(=O)n(C3CCCC3)c12. The molecule has 0 atom stereocenters. The topological polar surface area (TPSA) is 66.1 Å². The number of hydrogen-bond donors (Lipinski definition) is 0. The van der Waals surface area contributed by atoms with Crippen molar-refractivity contribution in [1.82, 2.24) is 14.1 Å². The average Bonchev–Trinajstić information content (AvgIpc) is 3.32. The van der Waals surface area contributed by atoms with Gasteiger partial charge < -0.3 is 4.74 Å². The van der Waals surface area contributed by atoms with E-state index in [4.69, 9.17) is 4.74 Å². The van der Waals surface area contributed by atoms with Crippen LogP contribution in [0, 0.1) is 0 Å². The number of rotatable bonds is 4. The second kappa shape index (κ2) is 7.79. The molecule has 0 amide bonds. The molecule has 0 unspecified atom stereocenters. The van der Waals surface area contributed by atoms with Crippen LogP contribution < -0.4 is 16.0 Å². The molecule has 0 bridgehead atoms. The molecular weight excluding hydrogens is 428 g/mol. The quantitative estimate of drug-likeness (QED) is 0.413. The van der Waals surface area contributed by atoms with Crippen molar-refractivity contribution in [2.45, 2.75) is 44.6 Å². The summed E-state index contributed by atoms with van der Waals surface area (Å²) in [4.78, 5) is 32.0. The van der Waals surface area contributed by atoms with E-state index in [0.29, 0.717) is 22.2 Å². The number of benzene rings is 2. The third kappa shape index (κ3) is 3.32. The van der Waals surface area contributed by atoms with Crippen LogP contribution in [0.4, 0.5) is 8.78 Å². The molecule has 1 aliphatic carbocycles. The highest BCUT2D eigenvalue weighted by Crippen LogP contribution is 2.35. The van der Waals surface area contributed by atoms with Gasteiger partial charge in [-0.2, -0.15) is 0 Å². The van der Waals surface area contributed by atoms with Crippen LogP contribution in [0.2, 0.25) is 0 Å². The Labute approximate surface area is 188 Å². The Balaban J connectivity index is 1.97.